The molecule has 1 heteroatoms. The second-order valence-corrected chi connectivity index (χ2v) is 6.41. The molecule has 0 fully saturated rings. The van der Waals surface area contributed by atoms with E-state index in [9.17, 15) is 0 Å². The molecule has 1 atom stereocenters. The first-order valence-electron chi connectivity index (χ1n) is 7.87. The van der Waals surface area contributed by atoms with Crippen LogP contribution in [0.2, 0.25) is 0 Å². The largest absolute Gasteiger partial charge is 0.392 e. The highest BCUT2D eigenvalue weighted by molar-refractivity contribution is 5.32. The Kier molecular flexibility index (Phi) is 6.91. The molecule has 0 aromatic carbocycles. The number of allylic oxidation sites excluding steroid dienone is 9. The van der Waals surface area contributed by atoms with Gasteiger partial charge < -0.3 is 5.11 Å². The number of aliphatic hydroxyl groups is 1. The molecule has 116 valence electrons. The van der Waals surface area contributed by atoms with Gasteiger partial charge in [-0.2, -0.15) is 0 Å². The molecule has 0 aromatic rings. The topological polar surface area (TPSA) is 20.2 Å². The van der Waals surface area contributed by atoms with Crippen LogP contribution in [0.4, 0.5) is 0 Å². The van der Waals surface area contributed by atoms with E-state index in [2.05, 4.69) is 45.9 Å². The Balaban J connectivity index is 2.76. The summed E-state index contributed by atoms with van der Waals surface area (Å²) in [4.78, 5) is 0. The smallest absolute Gasteiger partial charge is 0.0617 e. The Morgan fingerprint density at radius 3 is 2.57 bits per heavy atom. The van der Waals surface area contributed by atoms with Gasteiger partial charge in [0.2, 0.25) is 0 Å². The highest BCUT2D eigenvalue weighted by Gasteiger charge is 2.27. The molecular weight excluding hydrogens is 256 g/mol. The maximum Gasteiger partial charge on any atom is 0.0617 e. The van der Waals surface area contributed by atoms with Gasteiger partial charge in [0.25, 0.3) is 0 Å². The number of rotatable bonds is 5. The fourth-order valence-corrected chi connectivity index (χ4v) is 2.73. The van der Waals surface area contributed by atoms with E-state index in [-0.39, 0.29) is 12.0 Å². The summed E-state index contributed by atoms with van der Waals surface area (Å²) in [5.41, 5.74) is 5.64. The zero-order valence-electron chi connectivity index (χ0n) is 14.2. The monoisotopic (exact) mass is 286 g/mol. The SMILES string of the molecule is CC(C=CC1(C)CCCC(C)=C1C)=CC=CC(C)=CCO. The molecule has 0 saturated heterocycles. The minimum Gasteiger partial charge on any atom is -0.392 e. The van der Waals surface area contributed by atoms with E-state index in [1.165, 1.54) is 30.4 Å². The van der Waals surface area contributed by atoms with Crippen LogP contribution in [-0.2, 0) is 0 Å². The molecular formula is C20H30O. The summed E-state index contributed by atoms with van der Waals surface area (Å²) in [6.07, 6.45) is 16.4. The fraction of sp³-hybridized carbons (Fsp3) is 0.500. The average molecular weight is 286 g/mol. The molecule has 1 nitrogen and oxygen atoms in total. The number of aliphatic hydroxyl groups excluding tert-OH is 1. The van der Waals surface area contributed by atoms with Gasteiger partial charge in [-0.15, -0.1) is 0 Å². The third kappa shape index (κ3) is 5.51. The zero-order valence-corrected chi connectivity index (χ0v) is 14.2. The van der Waals surface area contributed by atoms with Crippen molar-refractivity contribution in [2.45, 2.75) is 53.9 Å². The van der Waals surface area contributed by atoms with E-state index < -0.39 is 0 Å². The van der Waals surface area contributed by atoms with Crippen molar-refractivity contribution >= 4 is 0 Å². The molecule has 0 spiro atoms. The summed E-state index contributed by atoms with van der Waals surface area (Å²) in [6.45, 7) is 11.1. The average Bonchev–Trinajstić information content (AvgIpc) is 2.43. The lowest BCUT2D eigenvalue weighted by atomic mass is 9.72. The van der Waals surface area contributed by atoms with Crippen LogP contribution in [0.25, 0.3) is 0 Å². The fourth-order valence-electron chi connectivity index (χ4n) is 2.73. The van der Waals surface area contributed by atoms with Gasteiger partial charge in [0.15, 0.2) is 0 Å². The van der Waals surface area contributed by atoms with E-state index in [1.54, 1.807) is 11.6 Å². The van der Waals surface area contributed by atoms with Gasteiger partial charge in [-0.25, -0.2) is 0 Å². The predicted octanol–water partition coefficient (Wildman–Crippen LogP) is 5.51. The van der Waals surface area contributed by atoms with Crippen molar-refractivity contribution in [2.24, 2.45) is 5.41 Å². The van der Waals surface area contributed by atoms with E-state index in [1.807, 2.05) is 19.1 Å². The van der Waals surface area contributed by atoms with Crippen molar-refractivity contribution in [2.75, 3.05) is 6.61 Å². The lowest BCUT2D eigenvalue weighted by Crippen LogP contribution is -2.20. The Morgan fingerprint density at radius 2 is 1.90 bits per heavy atom. The zero-order chi connectivity index (χ0) is 15.9. The second kappa shape index (κ2) is 8.19. The molecule has 1 aliphatic rings. The van der Waals surface area contributed by atoms with Gasteiger partial charge in [-0.3, -0.25) is 0 Å². The summed E-state index contributed by atoms with van der Waals surface area (Å²) in [5.74, 6) is 0. The Morgan fingerprint density at radius 1 is 1.19 bits per heavy atom. The summed E-state index contributed by atoms with van der Waals surface area (Å²) in [7, 11) is 0. The van der Waals surface area contributed by atoms with Gasteiger partial charge in [0.1, 0.15) is 0 Å². The molecule has 0 aliphatic heterocycles. The quantitative estimate of drug-likeness (QED) is 0.522. The molecule has 1 aliphatic carbocycles. The van der Waals surface area contributed by atoms with Crippen LogP contribution in [0.3, 0.4) is 0 Å². The van der Waals surface area contributed by atoms with Gasteiger partial charge >= 0.3 is 0 Å². The number of hydrogen-bond acceptors (Lipinski definition) is 1. The van der Waals surface area contributed by atoms with Crippen molar-refractivity contribution in [1.82, 2.24) is 0 Å². The summed E-state index contributed by atoms with van der Waals surface area (Å²) in [5, 5.41) is 8.81. The number of hydrogen-bond donors (Lipinski definition) is 1. The first-order valence-corrected chi connectivity index (χ1v) is 7.87. The predicted molar refractivity (Wildman–Crippen MR) is 93.2 cm³/mol. The lowest BCUT2D eigenvalue weighted by Gasteiger charge is -2.33. The van der Waals surface area contributed by atoms with Gasteiger partial charge in [0, 0.05) is 5.41 Å². The van der Waals surface area contributed by atoms with E-state index in [0.29, 0.717) is 0 Å². The maximum absolute atomic E-state index is 8.81. The molecule has 1 N–H and O–H groups in total. The van der Waals surface area contributed by atoms with E-state index in [4.69, 9.17) is 5.11 Å². The molecule has 1 rings (SSSR count). The normalized spacial score (nSPS) is 25.4. The maximum atomic E-state index is 8.81. The Labute approximate surface area is 130 Å². The van der Waals surface area contributed by atoms with Crippen LogP contribution < -0.4 is 0 Å². The molecule has 0 saturated carbocycles. The summed E-state index contributed by atoms with van der Waals surface area (Å²) < 4.78 is 0. The molecule has 0 bridgehead atoms. The minimum atomic E-state index is 0.0993. The third-order valence-electron chi connectivity index (χ3n) is 4.59. The Hall–Kier alpha value is -1.34. The van der Waals surface area contributed by atoms with Crippen LogP contribution >= 0.6 is 0 Å². The molecule has 0 aromatic heterocycles. The summed E-state index contributed by atoms with van der Waals surface area (Å²) in [6, 6.07) is 0. The first-order chi connectivity index (χ1) is 9.89. The van der Waals surface area contributed by atoms with Gasteiger partial charge in [0.05, 0.1) is 6.61 Å². The van der Waals surface area contributed by atoms with Gasteiger partial charge in [-0.1, -0.05) is 65.7 Å². The molecule has 1 unspecified atom stereocenters. The highest BCUT2D eigenvalue weighted by atomic mass is 16.2. The summed E-state index contributed by atoms with van der Waals surface area (Å²) >= 11 is 0. The highest BCUT2D eigenvalue weighted by Crippen LogP contribution is 2.41. The van der Waals surface area contributed by atoms with Crippen LogP contribution in [0.15, 0.2) is 58.7 Å². The standard InChI is InChI=1S/C20H30O/c1-16(8-6-9-17(2)12-15-21)11-14-20(5)13-7-10-18(3)19(20)4/h6,8-9,11-12,14,21H,7,10,13,15H2,1-5H3. The van der Waals surface area contributed by atoms with Crippen LogP contribution in [-0.4, -0.2) is 11.7 Å². The van der Waals surface area contributed by atoms with Crippen molar-refractivity contribution < 1.29 is 5.11 Å². The third-order valence-corrected chi connectivity index (χ3v) is 4.59. The Bertz CT molecular complexity index is 500. The van der Waals surface area contributed by atoms with Crippen molar-refractivity contribution in [3.63, 3.8) is 0 Å². The minimum absolute atomic E-state index is 0.0993. The molecule has 21 heavy (non-hydrogen) atoms. The molecule has 0 heterocycles. The van der Waals surface area contributed by atoms with Crippen LogP contribution in [0, 0.1) is 5.41 Å². The van der Waals surface area contributed by atoms with Gasteiger partial charge in [-0.05, 0) is 47.0 Å². The first kappa shape index (κ1) is 17.7. The van der Waals surface area contributed by atoms with Crippen molar-refractivity contribution in [1.29, 1.82) is 0 Å². The second-order valence-electron chi connectivity index (χ2n) is 6.41. The van der Waals surface area contributed by atoms with Crippen molar-refractivity contribution in [3.8, 4) is 0 Å². The van der Waals surface area contributed by atoms with E-state index >= 15 is 0 Å². The van der Waals surface area contributed by atoms with Crippen LogP contribution in [0.5, 0.6) is 0 Å². The molecule has 0 amide bonds. The van der Waals surface area contributed by atoms with Crippen molar-refractivity contribution in [3.05, 3.63) is 58.7 Å². The van der Waals surface area contributed by atoms with E-state index in [0.717, 1.165) is 5.57 Å². The lowest BCUT2D eigenvalue weighted by molar-refractivity contribution is 0.342. The van der Waals surface area contributed by atoms with Crippen LogP contribution in [0.1, 0.15) is 53.9 Å². The molecule has 0 radical (unpaired) electrons.